The van der Waals surface area contributed by atoms with Crippen molar-refractivity contribution >= 4 is 23.1 Å². The highest BCUT2D eigenvalue weighted by Crippen LogP contribution is 2.25. The molecule has 0 unspecified atom stereocenters. The van der Waals surface area contributed by atoms with E-state index in [1.807, 2.05) is 12.1 Å². The molecular weight excluding hydrogens is 294 g/mol. The summed E-state index contributed by atoms with van der Waals surface area (Å²) in [7, 11) is 0. The van der Waals surface area contributed by atoms with Gasteiger partial charge in [-0.1, -0.05) is 29.8 Å². The zero-order valence-electron chi connectivity index (χ0n) is 11.0. The van der Waals surface area contributed by atoms with Crippen molar-refractivity contribution in [2.45, 2.75) is 19.8 Å². The van der Waals surface area contributed by atoms with Crippen LogP contribution in [-0.2, 0) is 24.5 Å². The van der Waals surface area contributed by atoms with E-state index in [1.165, 1.54) is 23.4 Å². The number of ether oxygens (including phenoxy) is 1. The predicted molar refractivity (Wildman–Crippen MR) is 78.2 cm³/mol. The van der Waals surface area contributed by atoms with Crippen LogP contribution in [0.5, 0.6) is 0 Å². The van der Waals surface area contributed by atoms with Gasteiger partial charge in [0, 0.05) is 12.6 Å². The number of aromatic nitrogens is 1. The molecule has 0 bridgehead atoms. The topological polar surface area (TPSA) is 77.3 Å². The Morgan fingerprint density at radius 3 is 2.90 bits per heavy atom. The average molecular weight is 306 g/mol. The maximum atomic E-state index is 10.6. The van der Waals surface area contributed by atoms with Gasteiger partial charge in [-0.15, -0.1) is 0 Å². The van der Waals surface area contributed by atoms with Crippen LogP contribution in [0.15, 0.2) is 30.5 Å². The van der Waals surface area contributed by atoms with E-state index in [2.05, 4.69) is 16.4 Å². The summed E-state index contributed by atoms with van der Waals surface area (Å²) in [5.41, 5.74) is 3.36. The van der Waals surface area contributed by atoms with Crippen molar-refractivity contribution in [1.82, 2.24) is 4.98 Å². The van der Waals surface area contributed by atoms with Gasteiger partial charge in [0.05, 0.1) is 23.2 Å². The maximum Gasteiger partial charge on any atom is 0.289 e. The smallest absolute Gasteiger partial charge is 0.289 e. The van der Waals surface area contributed by atoms with E-state index in [9.17, 15) is 10.1 Å². The number of nitrogens with one attached hydrogen (secondary N) is 1. The van der Waals surface area contributed by atoms with Crippen molar-refractivity contribution in [3.63, 3.8) is 0 Å². The highest BCUT2D eigenvalue weighted by atomic mass is 35.5. The third-order valence-electron chi connectivity index (χ3n) is 3.28. The van der Waals surface area contributed by atoms with Crippen LogP contribution in [0.3, 0.4) is 0 Å². The molecule has 0 aliphatic carbocycles. The number of anilines is 1. The SMILES string of the molecule is O=[N+]([O-])c1cnc(NCc2ccc3c(c2)COC3)c(Cl)c1. The number of hydrogen-bond acceptors (Lipinski definition) is 5. The second kappa shape index (κ2) is 5.67. The lowest BCUT2D eigenvalue weighted by molar-refractivity contribution is -0.385. The van der Waals surface area contributed by atoms with Crippen LogP contribution in [-0.4, -0.2) is 9.91 Å². The first-order chi connectivity index (χ1) is 10.1. The summed E-state index contributed by atoms with van der Waals surface area (Å²) in [6.07, 6.45) is 1.19. The molecule has 6 nitrogen and oxygen atoms in total. The Morgan fingerprint density at radius 1 is 1.33 bits per heavy atom. The fourth-order valence-corrected chi connectivity index (χ4v) is 2.41. The number of nitrogens with zero attached hydrogens (tertiary/aromatic N) is 2. The monoisotopic (exact) mass is 305 g/mol. The normalized spacial score (nSPS) is 13.0. The van der Waals surface area contributed by atoms with Gasteiger partial charge in [-0.2, -0.15) is 0 Å². The molecule has 1 N–H and O–H groups in total. The van der Waals surface area contributed by atoms with Gasteiger partial charge in [0.25, 0.3) is 5.69 Å². The second-order valence-corrected chi connectivity index (χ2v) is 5.14. The van der Waals surface area contributed by atoms with E-state index >= 15 is 0 Å². The Bertz CT molecular complexity index is 706. The molecule has 0 spiro atoms. The quantitative estimate of drug-likeness (QED) is 0.693. The summed E-state index contributed by atoms with van der Waals surface area (Å²) in [4.78, 5) is 14.1. The van der Waals surface area contributed by atoms with Crippen molar-refractivity contribution in [2.75, 3.05) is 5.32 Å². The number of pyridine rings is 1. The third-order valence-corrected chi connectivity index (χ3v) is 3.57. The van der Waals surface area contributed by atoms with Crippen LogP contribution in [0.4, 0.5) is 11.5 Å². The summed E-state index contributed by atoms with van der Waals surface area (Å²) in [6.45, 7) is 1.84. The van der Waals surface area contributed by atoms with Gasteiger partial charge in [0.2, 0.25) is 0 Å². The summed E-state index contributed by atoms with van der Waals surface area (Å²) in [5, 5.41) is 13.9. The number of fused-ring (bicyclic) bond motifs is 1. The van der Waals surface area contributed by atoms with Gasteiger partial charge in [-0.3, -0.25) is 10.1 Å². The standard InChI is InChI=1S/C14H12ClN3O3/c15-13-4-12(18(19)20)6-17-14(13)16-5-9-1-2-10-7-21-8-11(10)3-9/h1-4,6H,5,7-8H2,(H,16,17). The lowest BCUT2D eigenvalue weighted by Crippen LogP contribution is -2.03. The molecule has 0 saturated carbocycles. The minimum Gasteiger partial charge on any atom is -0.372 e. The predicted octanol–water partition coefficient (Wildman–Crippen LogP) is 3.29. The Morgan fingerprint density at radius 2 is 2.14 bits per heavy atom. The lowest BCUT2D eigenvalue weighted by Gasteiger charge is -2.08. The van der Waals surface area contributed by atoms with Gasteiger partial charge >= 0.3 is 0 Å². The molecule has 1 aliphatic rings. The molecule has 0 atom stereocenters. The van der Waals surface area contributed by atoms with Gasteiger partial charge in [-0.25, -0.2) is 4.98 Å². The fourth-order valence-electron chi connectivity index (χ4n) is 2.18. The van der Waals surface area contributed by atoms with Gasteiger partial charge in [0.1, 0.15) is 12.0 Å². The van der Waals surface area contributed by atoms with Gasteiger partial charge in [-0.05, 0) is 16.7 Å². The molecule has 1 aliphatic heterocycles. The van der Waals surface area contributed by atoms with Crippen LogP contribution in [0.25, 0.3) is 0 Å². The summed E-state index contributed by atoms with van der Waals surface area (Å²) in [5.74, 6) is 0.430. The summed E-state index contributed by atoms with van der Waals surface area (Å²) in [6, 6.07) is 7.42. The number of nitro groups is 1. The van der Waals surface area contributed by atoms with E-state index in [0.29, 0.717) is 25.6 Å². The molecule has 0 fully saturated rings. The fraction of sp³-hybridized carbons (Fsp3) is 0.214. The Balaban J connectivity index is 1.71. The minimum atomic E-state index is -0.525. The van der Waals surface area contributed by atoms with Crippen molar-refractivity contribution in [3.8, 4) is 0 Å². The molecule has 0 saturated heterocycles. The molecule has 0 amide bonds. The summed E-state index contributed by atoms with van der Waals surface area (Å²) >= 11 is 5.98. The number of halogens is 1. The van der Waals surface area contributed by atoms with Crippen molar-refractivity contribution < 1.29 is 9.66 Å². The van der Waals surface area contributed by atoms with Gasteiger partial charge < -0.3 is 10.1 Å². The van der Waals surface area contributed by atoms with E-state index in [0.717, 1.165) is 5.56 Å². The zero-order chi connectivity index (χ0) is 14.8. The Kier molecular flexibility index (Phi) is 3.72. The molecule has 1 aromatic carbocycles. The van der Waals surface area contributed by atoms with Crippen LogP contribution < -0.4 is 5.32 Å². The molecule has 2 aromatic rings. The van der Waals surface area contributed by atoms with E-state index in [1.54, 1.807) is 0 Å². The van der Waals surface area contributed by atoms with Crippen molar-refractivity contribution in [1.29, 1.82) is 0 Å². The van der Waals surface area contributed by atoms with E-state index < -0.39 is 4.92 Å². The van der Waals surface area contributed by atoms with Crippen molar-refractivity contribution in [2.24, 2.45) is 0 Å². The van der Waals surface area contributed by atoms with Crippen LogP contribution in [0.1, 0.15) is 16.7 Å². The summed E-state index contributed by atoms with van der Waals surface area (Å²) < 4.78 is 5.37. The van der Waals surface area contributed by atoms with Gasteiger partial charge in [0.15, 0.2) is 0 Å². The molecule has 1 aromatic heterocycles. The zero-order valence-corrected chi connectivity index (χ0v) is 11.8. The molecule has 3 rings (SSSR count). The van der Waals surface area contributed by atoms with E-state index in [-0.39, 0.29) is 10.7 Å². The maximum absolute atomic E-state index is 10.6. The number of benzene rings is 1. The molecular formula is C14H12ClN3O3. The molecule has 21 heavy (non-hydrogen) atoms. The highest BCUT2D eigenvalue weighted by Gasteiger charge is 2.13. The molecule has 7 heteroatoms. The Labute approximate surface area is 125 Å². The first-order valence-electron chi connectivity index (χ1n) is 6.36. The van der Waals surface area contributed by atoms with Crippen LogP contribution >= 0.6 is 11.6 Å². The van der Waals surface area contributed by atoms with E-state index in [4.69, 9.17) is 16.3 Å². The minimum absolute atomic E-state index is 0.125. The van der Waals surface area contributed by atoms with Crippen LogP contribution in [0, 0.1) is 10.1 Å². The molecule has 2 heterocycles. The highest BCUT2D eigenvalue weighted by molar-refractivity contribution is 6.33. The van der Waals surface area contributed by atoms with Crippen LogP contribution in [0.2, 0.25) is 5.02 Å². The first kappa shape index (κ1) is 13.8. The number of hydrogen-bond donors (Lipinski definition) is 1. The Hall–Kier alpha value is -2.18. The lowest BCUT2D eigenvalue weighted by atomic mass is 10.1. The average Bonchev–Trinajstić information content (AvgIpc) is 2.93. The third kappa shape index (κ3) is 2.96. The molecule has 108 valence electrons. The number of rotatable bonds is 4. The first-order valence-corrected chi connectivity index (χ1v) is 6.73. The molecule has 0 radical (unpaired) electrons. The largest absolute Gasteiger partial charge is 0.372 e. The second-order valence-electron chi connectivity index (χ2n) is 4.73. The van der Waals surface area contributed by atoms with Crippen molar-refractivity contribution in [3.05, 3.63) is 62.3 Å².